The fourth-order valence-corrected chi connectivity index (χ4v) is 2.97. The van der Waals surface area contributed by atoms with Crippen LogP contribution in [0.5, 0.6) is 0 Å². The molecular formula is C19H24N2O2. The van der Waals surface area contributed by atoms with Gasteiger partial charge in [-0.3, -0.25) is 0 Å². The van der Waals surface area contributed by atoms with Crippen molar-refractivity contribution in [2.24, 2.45) is 0 Å². The smallest absolute Gasteiger partial charge is 0.410 e. The van der Waals surface area contributed by atoms with Crippen LogP contribution in [-0.2, 0) is 4.74 Å². The monoisotopic (exact) mass is 312 g/mol. The summed E-state index contributed by atoms with van der Waals surface area (Å²) in [6.45, 7) is 7.19. The van der Waals surface area contributed by atoms with Gasteiger partial charge in [-0.1, -0.05) is 12.1 Å². The maximum atomic E-state index is 12.2. The Bertz CT molecular complexity index is 671. The summed E-state index contributed by atoms with van der Waals surface area (Å²) in [5.41, 5.74) is 1.99. The van der Waals surface area contributed by atoms with E-state index in [2.05, 4.69) is 28.8 Å². The van der Waals surface area contributed by atoms with Crippen molar-refractivity contribution in [2.45, 2.75) is 38.7 Å². The Hall–Kier alpha value is -2.23. The molecule has 2 aromatic rings. The molecule has 23 heavy (non-hydrogen) atoms. The first kappa shape index (κ1) is 15.7. The average Bonchev–Trinajstić information content (AvgIpc) is 3.17. The lowest BCUT2D eigenvalue weighted by atomic mass is 9.98. The van der Waals surface area contributed by atoms with E-state index in [1.807, 2.05) is 50.2 Å². The summed E-state index contributed by atoms with van der Waals surface area (Å²) in [6.07, 6.45) is 4.86. The Kier molecular flexibility index (Phi) is 4.16. The lowest BCUT2D eigenvalue weighted by Crippen LogP contribution is -2.35. The van der Waals surface area contributed by atoms with Crippen molar-refractivity contribution in [1.82, 2.24) is 9.47 Å². The molecule has 0 N–H and O–H groups in total. The lowest BCUT2D eigenvalue weighted by molar-refractivity contribution is 0.0292. The van der Waals surface area contributed by atoms with Crippen molar-refractivity contribution in [3.05, 3.63) is 54.4 Å². The van der Waals surface area contributed by atoms with Gasteiger partial charge < -0.3 is 14.2 Å². The van der Waals surface area contributed by atoms with Gasteiger partial charge in [-0.2, -0.15) is 0 Å². The summed E-state index contributed by atoms with van der Waals surface area (Å²) in [5, 5.41) is 0. The Labute approximate surface area is 137 Å². The molecule has 1 aliphatic rings. The molecule has 0 saturated carbocycles. The van der Waals surface area contributed by atoms with Crippen molar-refractivity contribution in [2.75, 3.05) is 13.1 Å². The third-order valence-corrected chi connectivity index (χ3v) is 4.08. The number of aromatic nitrogens is 1. The van der Waals surface area contributed by atoms with Gasteiger partial charge in [0.1, 0.15) is 5.60 Å². The number of carbonyl (C=O) groups excluding carboxylic acids is 1. The van der Waals surface area contributed by atoms with Crippen LogP contribution < -0.4 is 0 Å². The van der Waals surface area contributed by atoms with Crippen molar-refractivity contribution in [3.63, 3.8) is 0 Å². The second-order valence-electron chi connectivity index (χ2n) is 7.10. The Balaban J connectivity index is 1.70. The van der Waals surface area contributed by atoms with Gasteiger partial charge in [0.15, 0.2) is 0 Å². The van der Waals surface area contributed by atoms with Crippen LogP contribution in [0.1, 0.15) is 38.7 Å². The van der Waals surface area contributed by atoms with Gasteiger partial charge in [0.05, 0.1) is 0 Å². The normalized spacial score (nSPS) is 18.2. The van der Waals surface area contributed by atoms with Crippen molar-refractivity contribution >= 4 is 6.09 Å². The van der Waals surface area contributed by atoms with Crippen molar-refractivity contribution in [3.8, 4) is 5.69 Å². The molecule has 1 unspecified atom stereocenters. The molecule has 1 saturated heterocycles. The largest absolute Gasteiger partial charge is 0.444 e. The second-order valence-corrected chi connectivity index (χ2v) is 7.10. The molecule has 1 aromatic carbocycles. The molecule has 4 nitrogen and oxygen atoms in total. The van der Waals surface area contributed by atoms with Crippen molar-refractivity contribution in [1.29, 1.82) is 0 Å². The molecule has 1 fully saturated rings. The van der Waals surface area contributed by atoms with Crippen LogP contribution in [0.3, 0.4) is 0 Å². The molecule has 1 aliphatic heterocycles. The topological polar surface area (TPSA) is 34.5 Å². The van der Waals surface area contributed by atoms with Gasteiger partial charge in [-0.25, -0.2) is 4.79 Å². The number of hydrogen-bond acceptors (Lipinski definition) is 2. The summed E-state index contributed by atoms with van der Waals surface area (Å²) in [5.74, 6) is 0.373. The Morgan fingerprint density at radius 1 is 1.17 bits per heavy atom. The van der Waals surface area contributed by atoms with E-state index in [0.717, 1.165) is 25.2 Å². The first-order chi connectivity index (χ1) is 10.9. The Morgan fingerprint density at radius 3 is 2.61 bits per heavy atom. The molecule has 1 aromatic heterocycles. The standard InChI is InChI=1S/C19H24N2O2/c1-19(2,3)23-18(22)21-12-9-16(14-21)15-7-6-8-17(13-15)20-10-4-5-11-20/h4-8,10-11,13,16H,9,12,14H2,1-3H3. The SMILES string of the molecule is CC(C)(C)OC(=O)N1CCC(c2cccc(-n3cccc3)c2)C1. The van der Waals surface area contributed by atoms with E-state index < -0.39 is 5.60 Å². The van der Waals surface area contributed by atoms with Crippen LogP contribution in [0.4, 0.5) is 4.79 Å². The number of amides is 1. The first-order valence-corrected chi connectivity index (χ1v) is 8.13. The van der Waals surface area contributed by atoms with Crippen LogP contribution in [0.15, 0.2) is 48.8 Å². The highest BCUT2D eigenvalue weighted by Gasteiger charge is 2.30. The summed E-state index contributed by atoms with van der Waals surface area (Å²) in [7, 11) is 0. The molecule has 0 aliphatic carbocycles. The molecular weight excluding hydrogens is 288 g/mol. The van der Waals surface area contributed by atoms with Gasteiger partial charge in [0.2, 0.25) is 0 Å². The zero-order chi connectivity index (χ0) is 16.4. The fourth-order valence-electron chi connectivity index (χ4n) is 2.97. The zero-order valence-electron chi connectivity index (χ0n) is 14.0. The first-order valence-electron chi connectivity index (χ1n) is 8.13. The summed E-state index contributed by atoms with van der Waals surface area (Å²) >= 11 is 0. The summed E-state index contributed by atoms with van der Waals surface area (Å²) in [6, 6.07) is 12.6. The Morgan fingerprint density at radius 2 is 1.91 bits per heavy atom. The molecule has 0 radical (unpaired) electrons. The number of likely N-dealkylation sites (tertiary alicyclic amines) is 1. The van der Waals surface area contributed by atoms with Gasteiger partial charge in [0.25, 0.3) is 0 Å². The average molecular weight is 312 g/mol. The van der Waals surface area contributed by atoms with Gasteiger partial charge in [-0.05, 0) is 57.0 Å². The minimum Gasteiger partial charge on any atom is -0.444 e. The van der Waals surface area contributed by atoms with E-state index >= 15 is 0 Å². The summed E-state index contributed by atoms with van der Waals surface area (Å²) in [4.78, 5) is 14.0. The molecule has 0 spiro atoms. The van der Waals surface area contributed by atoms with Crippen LogP contribution in [0.25, 0.3) is 5.69 Å². The van der Waals surface area contributed by atoms with Crippen molar-refractivity contribution < 1.29 is 9.53 Å². The highest BCUT2D eigenvalue weighted by atomic mass is 16.6. The highest BCUT2D eigenvalue weighted by Crippen LogP contribution is 2.29. The fraction of sp³-hybridized carbons (Fsp3) is 0.421. The molecule has 0 bridgehead atoms. The molecule has 4 heteroatoms. The highest BCUT2D eigenvalue weighted by molar-refractivity contribution is 5.68. The predicted octanol–water partition coefficient (Wildman–Crippen LogP) is 4.20. The van der Waals surface area contributed by atoms with E-state index in [0.29, 0.717) is 5.92 Å². The minimum atomic E-state index is -0.441. The third kappa shape index (κ3) is 3.76. The quantitative estimate of drug-likeness (QED) is 0.833. The number of hydrogen-bond donors (Lipinski definition) is 0. The molecule has 3 rings (SSSR count). The second kappa shape index (κ2) is 6.11. The maximum absolute atomic E-state index is 12.2. The predicted molar refractivity (Wildman–Crippen MR) is 90.9 cm³/mol. The number of rotatable bonds is 2. The van der Waals surface area contributed by atoms with Gasteiger partial charge in [0, 0.05) is 37.1 Å². The lowest BCUT2D eigenvalue weighted by Gasteiger charge is -2.24. The minimum absolute atomic E-state index is 0.207. The van der Waals surface area contributed by atoms with E-state index in [1.165, 1.54) is 5.56 Å². The number of nitrogens with zero attached hydrogens (tertiary/aromatic N) is 2. The van der Waals surface area contributed by atoms with E-state index in [-0.39, 0.29) is 6.09 Å². The van der Waals surface area contributed by atoms with E-state index in [4.69, 9.17) is 4.74 Å². The summed E-state index contributed by atoms with van der Waals surface area (Å²) < 4.78 is 7.57. The van der Waals surface area contributed by atoms with Crippen LogP contribution in [0.2, 0.25) is 0 Å². The molecule has 1 amide bonds. The number of benzene rings is 1. The van der Waals surface area contributed by atoms with E-state index in [1.54, 1.807) is 0 Å². The van der Waals surface area contributed by atoms with Gasteiger partial charge >= 0.3 is 6.09 Å². The molecule has 122 valence electrons. The zero-order valence-corrected chi connectivity index (χ0v) is 14.0. The van der Waals surface area contributed by atoms with Crippen LogP contribution in [0, 0.1) is 0 Å². The molecule has 1 atom stereocenters. The maximum Gasteiger partial charge on any atom is 0.410 e. The third-order valence-electron chi connectivity index (χ3n) is 4.08. The van der Waals surface area contributed by atoms with Crippen LogP contribution in [-0.4, -0.2) is 34.3 Å². The molecule has 2 heterocycles. The van der Waals surface area contributed by atoms with Gasteiger partial charge in [-0.15, -0.1) is 0 Å². The van der Waals surface area contributed by atoms with E-state index in [9.17, 15) is 4.79 Å². The number of ether oxygens (including phenoxy) is 1. The number of carbonyl (C=O) groups is 1. The van der Waals surface area contributed by atoms with Crippen LogP contribution >= 0.6 is 0 Å².